The summed E-state index contributed by atoms with van der Waals surface area (Å²) in [6, 6.07) is 9.50. The van der Waals surface area contributed by atoms with Gasteiger partial charge in [-0.05, 0) is 38.1 Å². The van der Waals surface area contributed by atoms with E-state index in [4.69, 9.17) is 11.6 Å². The van der Waals surface area contributed by atoms with Gasteiger partial charge in [-0.25, -0.2) is 4.98 Å². The van der Waals surface area contributed by atoms with Crippen LogP contribution in [-0.4, -0.2) is 22.4 Å². The van der Waals surface area contributed by atoms with E-state index in [0.717, 1.165) is 18.2 Å². The summed E-state index contributed by atoms with van der Waals surface area (Å²) in [5, 5.41) is 5.30. The van der Waals surface area contributed by atoms with Gasteiger partial charge in [0.25, 0.3) is 0 Å². The molecule has 176 valence electrons. The molecule has 3 rings (SSSR count). The van der Waals surface area contributed by atoms with Crippen molar-refractivity contribution in [1.82, 2.24) is 9.97 Å². The van der Waals surface area contributed by atoms with Gasteiger partial charge in [0.05, 0.1) is 22.0 Å². The van der Waals surface area contributed by atoms with E-state index in [1.807, 2.05) is 0 Å². The maximum absolute atomic E-state index is 13.5. The lowest BCUT2D eigenvalue weighted by Crippen LogP contribution is -2.17. The van der Waals surface area contributed by atoms with Gasteiger partial charge < -0.3 is 15.4 Å². The Morgan fingerprint density at radius 3 is 2.27 bits per heavy atom. The first-order valence-corrected chi connectivity index (χ1v) is 9.84. The summed E-state index contributed by atoms with van der Waals surface area (Å²) in [6.45, 7) is 3.58. The van der Waals surface area contributed by atoms with Gasteiger partial charge >= 0.3 is 12.5 Å². The van der Waals surface area contributed by atoms with Crippen molar-refractivity contribution in [3.8, 4) is 17.0 Å². The van der Waals surface area contributed by atoms with E-state index in [2.05, 4.69) is 25.3 Å². The Bertz CT molecular complexity index is 1130. The molecule has 0 unspecified atom stereocenters. The molecular formula is C21H17ClF6N4O. The summed E-state index contributed by atoms with van der Waals surface area (Å²) in [5.74, 6) is -0.478. The molecule has 0 amide bonds. The number of ether oxygens (including phenoxy) is 1. The molecule has 0 saturated carbocycles. The minimum Gasteiger partial charge on any atom is -0.406 e. The van der Waals surface area contributed by atoms with Crippen LogP contribution in [0.3, 0.4) is 0 Å². The van der Waals surface area contributed by atoms with Crippen molar-refractivity contribution in [3.05, 3.63) is 59.1 Å². The number of aromatic nitrogens is 2. The normalized spacial score (nSPS) is 12.1. The number of alkyl halides is 6. The standard InChI is InChI=1S/C21H17ClF6N4O/c1-11(2)29-19-30-16(12-5-3-6-13(9-12)33-21(26,27)28)10-17(32-19)31-18-14(20(23,24)25)7-4-8-15(18)22/h3-11H,1-2H3,(H2,29,30,31,32). The summed E-state index contributed by atoms with van der Waals surface area (Å²) >= 11 is 6.00. The van der Waals surface area contributed by atoms with Gasteiger partial charge in [-0.3, -0.25) is 0 Å². The molecule has 0 spiro atoms. The van der Waals surface area contributed by atoms with Crippen LogP contribution < -0.4 is 15.4 Å². The van der Waals surface area contributed by atoms with E-state index in [1.54, 1.807) is 13.8 Å². The van der Waals surface area contributed by atoms with Crippen LogP contribution >= 0.6 is 11.6 Å². The molecule has 2 N–H and O–H groups in total. The monoisotopic (exact) mass is 490 g/mol. The van der Waals surface area contributed by atoms with E-state index in [9.17, 15) is 26.3 Å². The van der Waals surface area contributed by atoms with Crippen LogP contribution in [0.15, 0.2) is 48.5 Å². The quantitative estimate of drug-likeness (QED) is 0.356. The number of benzene rings is 2. The van der Waals surface area contributed by atoms with E-state index >= 15 is 0 Å². The fourth-order valence-electron chi connectivity index (χ4n) is 2.85. The smallest absolute Gasteiger partial charge is 0.406 e. The first-order valence-electron chi connectivity index (χ1n) is 9.46. The molecule has 1 heterocycles. The lowest BCUT2D eigenvalue weighted by Gasteiger charge is -2.17. The minimum absolute atomic E-state index is 0.0488. The second kappa shape index (κ2) is 9.34. The minimum atomic E-state index is -4.89. The highest BCUT2D eigenvalue weighted by Crippen LogP contribution is 2.40. The second-order valence-electron chi connectivity index (χ2n) is 7.12. The molecule has 0 aliphatic heterocycles. The molecule has 5 nitrogen and oxygen atoms in total. The Kier molecular flexibility index (Phi) is 6.92. The summed E-state index contributed by atoms with van der Waals surface area (Å²) in [5.41, 5.74) is -1.05. The molecule has 0 atom stereocenters. The van der Waals surface area contributed by atoms with Crippen LogP contribution in [0.1, 0.15) is 19.4 Å². The molecule has 0 saturated heterocycles. The van der Waals surface area contributed by atoms with Gasteiger partial charge in [-0.2, -0.15) is 18.2 Å². The molecule has 0 fully saturated rings. The number of rotatable bonds is 6. The van der Waals surface area contributed by atoms with Crippen molar-refractivity contribution in [1.29, 1.82) is 0 Å². The van der Waals surface area contributed by atoms with Crippen molar-refractivity contribution < 1.29 is 31.1 Å². The number of nitrogens with zero attached hydrogens (tertiary/aromatic N) is 2. The van der Waals surface area contributed by atoms with Crippen LogP contribution in [-0.2, 0) is 6.18 Å². The number of para-hydroxylation sites is 1. The lowest BCUT2D eigenvalue weighted by molar-refractivity contribution is -0.274. The third-order valence-corrected chi connectivity index (χ3v) is 4.39. The Morgan fingerprint density at radius 1 is 0.939 bits per heavy atom. The van der Waals surface area contributed by atoms with Gasteiger partial charge in [0.15, 0.2) is 0 Å². The summed E-state index contributed by atoms with van der Waals surface area (Å²) < 4.78 is 82.1. The van der Waals surface area contributed by atoms with Gasteiger partial charge in [0, 0.05) is 17.7 Å². The Balaban J connectivity index is 2.07. The summed E-state index contributed by atoms with van der Waals surface area (Å²) in [7, 11) is 0. The van der Waals surface area contributed by atoms with Gasteiger partial charge in [0.1, 0.15) is 11.6 Å². The molecule has 0 bridgehead atoms. The largest absolute Gasteiger partial charge is 0.573 e. The zero-order valence-corrected chi connectivity index (χ0v) is 17.9. The van der Waals surface area contributed by atoms with Gasteiger partial charge in [0.2, 0.25) is 5.95 Å². The molecule has 0 aliphatic rings. The highest BCUT2D eigenvalue weighted by molar-refractivity contribution is 6.33. The van der Waals surface area contributed by atoms with Crippen LogP contribution in [0.5, 0.6) is 5.75 Å². The first-order chi connectivity index (χ1) is 15.3. The Labute approximate surface area is 189 Å². The van der Waals surface area contributed by atoms with Crippen molar-refractivity contribution >= 4 is 29.1 Å². The fourth-order valence-corrected chi connectivity index (χ4v) is 3.07. The molecule has 2 aromatic carbocycles. The molecule has 0 aliphatic carbocycles. The van der Waals surface area contributed by atoms with Crippen LogP contribution in [0, 0.1) is 0 Å². The molecule has 1 aromatic heterocycles. The van der Waals surface area contributed by atoms with Crippen molar-refractivity contribution in [2.24, 2.45) is 0 Å². The van der Waals surface area contributed by atoms with E-state index < -0.39 is 29.5 Å². The van der Waals surface area contributed by atoms with E-state index in [1.165, 1.54) is 30.3 Å². The number of nitrogens with one attached hydrogen (secondary N) is 2. The zero-order chi connectivity index (χ0) is 24.4. The molecule has 33 heavy (non-hydrogen) atoms. The average Bonchev–Trinajstić information content (AvgIpc) is 2.67. The summed E-state index contributed by atoms with van der Waals surface area (Å²) in [4.78, 5) is 8.43. The fraction of sp³-hybridized carbons (Fsp3) is 0.238. The van der Waals surface area contributed by atoms with Crippen molar-refractivity contribution in [3.63, 3.8) is 0 Å². The SMILES string of the molecule is CC(C)Nc1nc(Nc2c(Cl)cccc2C(F)(F)F)cc(-c2cccc(OC(F)(F)F)c2)n1. The predicted molar refractivity (Wildman–Crippen MR) is 113 cm³/mol. The van der Waals surface area contributed by atoms with Crippen LogP contribution in [0.25, 0.3) is 11.3 Å². The topological polar surface area (TPSA) is 59.1 Å². The Hall–Kier alpha value is -3.21. The molecule has 12 heteroatoms. The molecule has 3 aromatic rings. The highest BCUT2D eigenvalue weighted by Gasteiger charge is 2.34. The third-order valence-electron chi connectivity index (χ3n) is 4.08. The third kappa shape index (κ3) is 6.64. The number of anilines is 3. The van der Waals surface area contributed by atoms with Crippen LogP contribution in [0.4, 0.5) is 43.8 Å². The van der Waals surface area contributed by atoms with E-state index in [0.29, 0.717) is 0 Å². The highest BCUT2D eigenvalue weighted by atomic mass is 35.5. The second-order valence-corrected chi connectivity index (χ2v) is 7.53. The number of hydrogen-bond acceptors (Lipinski definition) is 5. The maximum atomic E-state index is 13.5. The predicted octanol–water partition coefficient (Wildman–Crippen LogP) is 7.28. The number of hydrogen-bond donors (Lipinski definition) is 2. The van der Waals surface area contributed by atoms with Crippen LogP contribution in [0.2, 0.25) is 5.02 Å². The zero-order valence-electron chi connectivity index (χ0n) is 17.1. The maximum Gasteiger partial charge on any atom is 0.573 e. The average molecular weight is 491 g/mol. The molecular weight excluding hydrogens is 474 g/mol. The van der Waals surface area contributed by atoms with Gasteiger partial charge in [-0.1, -0.05) is 29.8 Å². The summed E-state index contributed by atoms with van der Waals surface area (Å²) in [6.07, 6.45) is -9.58. The van der Waals surface area contributed by atoms with Gasteiger partial charge in [-0.15, -0.1) is 13.2 Å². The van der Waals surface area contributed by atoms with E-state index in [-0.39, 0.29) is 34.1 Å². The first kappa shape index (κ1) is 24.4. The lowest BCUT2D eigenvalue weighted by atomic mass is 10.1. The number of halogens is 7. The molecule has 0 radical (unpaired) electrons. The van der Waals surface area contributed by atoms with Crippen molar-refractivity contribution in [2.75, 3.05) is 10.6 Å². The van der Waals surface area contributed by atoms with Crippen molar-refractivity contribution in [2.45, 2.75) is 32.4 Å². The Morgan fingerprint density at radius 2 is 1.64 bits per heavy atom.